The van der Waals surface area contributed by atoms with Gasteiger partial charge >= 0.3 is 0 Å². The van der Waals surface area contributed by atoms with Crippen molar-refractivity contribution in [2.45, 2.75) is 51.7 Å². The van der Waals surface area contributed by atoms with Gasteiger partial charge in [-0.2, -0.15) is 0 Å². The highest BCUT2D eigenvalue weighted by Crippen LogP contribution is 2.26. The third-order valence-electron chi connectivity index (χ3n) is 3.87. The predicted molar refractivity (Wildman–Crippen MR) is 73.8 cm³/mol. The predicted octanol–water partition coefficient (Wildman–Crippen LogP) is 3.32. The Balaban J connectivity index is 1.93. The number of rotatable bonds is 4. The standard InChI is InChI=1S/C15H24N2O/c1-11-5-4-6-14(9-11)18-15-8-7-13(10-17-15)12(2)16-3/h7-8,10-12,14,16H,4-6,9H2,1-3H3. The first-order chi connectivity index (χ1) is 8.69. The number of pyridine rings is 1. The van der Waals surface area contributed by atoms with Crippen LogP contribution in [0.5, 0.6) is 5.88 Å². The van der Waals surface area contributed by atoms with E-state index in [1.165, 1.54) is 24.8 Å². The van der Waals surface area contributed by atoms with E-state index in [1.54, 1.807) is 0 Å². The Hall–Kier alpha value is -1.09. The smallest absolute Gasteiger partial charge is 0.213 e. The molecule has 3 heteroatoms. The van der Waals surface area contributed by atoms with Crippen LogP contribution in [-0.4, -0.2) is 18.1 Å². The molecule has 1 fully saturated rings. The third kappa shape index (κ3) is 3.45. The van der Waals surface area contributed by atoms with E-state index in [9.17, 15) is 0 Å². The van der Waals surface area contributed by atoms with Gasteiger partial charge in [-0.05, 0) is 44.7 Å². The van der Waals surface area contributed by atoms with Crippen LogP contribution in [0.3, 0.4) is 0 Å². The molecule has 3 atom stereocenters. The van der Waals surface area contributed by atoms with Crippen LogP contribution in [0.2, 0.25) is 0 Å². The van der Waals surface area contributed by atoms with E-state index in [1.807, 2.05) is 19.3 Å². The normalized spacial score (nSPS) is 25.7. The fraction of sp³-hybridized carbons (Fsp3) is 0.667. The minimum atomic E-state index is 0.334. The number of nitrogens with one attached hydrogen (secondary N) is 1. The van der Waals surface area contributed by atoms with Crippen molar-refractivity contribution < 1.29 is 4.74 Å². The van der Waals surface area contributed by atoms with Gasteiger partial charge in [0.15, 0.2) is 0 Å². The molecule has 3 nitrogen and oxygen atoms in total. The highest BCUT2D eigenvalue weighted by molar-refractivity contribution is 5.20. The molecule has 1 aromatic heterocycles. The van der Waals surface area contributed by atoms with E-state index in [2.05, 4.69) is 30.2 Å². The van der Waals surface area contributed by atoms with Crippen molar-refractivity contribution in [3.05, 3.63) is 23.9 Å². The van der Waals surface area contributed by atoms with Crippen LogP contribution < -0.4 is 10.1 Å². The van der Waals surface area contributed by atoms with Gasteiger partial charge in [0.25, 0.3) is 0 Å². The molecule has 0 aromatic carbocycles. The Morgan fingerprint density at radius 1 is 1.39 bits per heavy atom. The third-order valence-corrected chi connectivity index (χ3v) is 3.87. The molecule has 1 aromatic rings. The second kappa shape index (κ2) is 6.19. The van der Waals surface area contributed by atoms with Gasteiger partial charge in [-0.1, -0.05) is 19.4 Å². The second-order valence-corrected chi connectivity index (χ2v) is 5.45. The van der Waals surface area contributed by atoms with Crippen molar-refractivity contribution in [2.75, 3.05) is 7.05 Å². The number of aromatic nitrogens is 1. The summed E-state index contributed by atoms with van der Waals surface area (Å²) in [6.07, 6.45) is 7.21. The Morgan fingerprint density at radius 2 is 2.22 bits per heavy atom. The summed E-state index contributed by atoms with van der Waals surface area (Å²) in [4.78, 5) is 4.40. The summed E-state index contributed by atoms with van der Waals surface area (Å²) in [5, 5.41) is 3.21. The summed E-state index contributed by atoms with van der Waals surface area (Å²) in [6.45, 7) is 4.43. The minimum Gasteiger partial charge on any atom is -0.474 e. The summed E-state index contributed by atoms with van der Waals surface area (Å²) in [5.74, 6) is 1.55. The first-order valence-electron chi connectivity index (χ1n) is 6.99. The van der Waals surface area contributed by atoms with Crippen molar-refractivity contribution in [2.24, 2.45) is 5.92 Å². The van der Waals surface area contributed by atoms with Crippen LogP contribution in [0.4, 0.5) is 0 Å². The van der Waals surface area contributed by atoms with Gasteiger partial charge in [0, 0.05) is 18.3 Å². The maximum atomic E-state index is 5.96. The summed E-state index contributed by atoms with van der Waals surface area (Å²) in [6, 6.07) is 4.42. The maximum absolute atomic E-state index is 5.96. The largest absolute Gasteiger partial charge is 0.474 e. The van der Waals surface area contributed by atoms with Crippen molar-refractivity contribution in [3.8, 4) is 5.88 Å². The summed E-state index contributed by atoms with van der Waals surface area (Å²) in [5.41, 5.74) is 1.20. The lowest BCUT2D eigenvalue weighted by molar-refractivity contribution is 0.124. The SMILES string of the molecule is CNC(C)c1ccc(OC2CCCC(C)C2)nc1. The van der Waals surface area contributed by atoms with Crippen LogP contribution in [-0.2, 0) is 0 Å². The molecular weight excluding hydrogens is 224 g/mol. The van der Waals surface area contributed by atoms with Crippen LogP contribution in [0, 0.1) is 5.92 Å². The van der Waals surface area contributed by atoms with Gasteiger partial charge < -0.3 is 10.1 Å². The van der Waals surface area contributed by atoms with E-state index in [0.717, 1.165) is 18.2 Å². The molecule has 3 unspecified atom stereocenters. The number of hydrogen-bond donors (Lipinski definition) is 1. The first-order valence-corrected chi connectivity index (χ1v) is 6.99. The highest BCUT2D eigenvalue weighted by Gasteiger charge is 2.20. The van der Waals surface area contributed by atoms with Crippen LogP contribution in [0.1, 0.15) is 51.1 Å². The molecule has 0 saturated heterocycles. The fourth-order valence-corrected chi connectivity index (χ4v) is 2.54. The molecule has 1 heterocycles. The monoisotopic (exact) mass is 248 g/mol. The zero-order chi connectivity index (χ0) is 13.0. The van der Waals surface area contributed by atoms with E-state index in [4.69, 9.17) is 4.74 Å². The lowest BCUT2D eigenvalue weighted by Crippen LogP contribution is -2.24. The quantitative estimate of drug-likeness (QED) is 0.887. The fourth-order valence-electron chi connectivity index (χ4n) is 2.54. The first kappa shape index (κ1) is 13.3. The molecule has 0 bridgehead atoms. The molecule has 0 radical (unpaired) electrons. The molecule has 0 spiro atoms. The van der Waals surface area contributed by atoms with E-state index in [-0.39, 0.29) is 0 Å². The zero-order valence-electron chi connectivity index (χ0n) is 11.6. The maximum Gasteiger partial charge on any atom is 0.213 e. The molecule has 1 saturated carbocycles. The average molecular weight is 248 g/mol. The molecule has 1 N–H and O–H groups in total. The number of ether oxygens (including phenoxy) is 1. The van der Waals surface area contributed by atoms with E-state index < -0.39 is 0 Å². The van der Waals surface area contributed by atoms with Crippen molar-refractivity contribution in [1.29, 1.82) is 0 Å². The molecule has 100 valence electrons. The molecule has 0 aliphatic heterocycles. The Bertz CT molecular complexity index is 363. The number of hydrogen-bond acceptors (Lipinski definition) is 3. The summed E-state index contributed by atoms with van der Waals surface area (Å²) >= 11 is 0. The van der Waals surface area contributed by atoms with Crippen molar-refractivity contribution in [3.63, 3.8) is 0 Å². The van der Waals surface area contributed by atoms with E-state index in [0.29, 0.717) is 12.1 Å². The number of nitrogens with zero attached hydrogens (tertiary/aromatic N) is 1. The molecule has 0 amide bonds. The van der Waals surface area contributed by atoms with Gasteiger partial charge in [0.05, 0.1) is 0 Å². The van der Waals surface area contributed by atoms with Gasteiger partial charge in [0.2, 0.25) is 5.88 Å². The van der Waals surface area contributed by atoms with Crippen LogP contribution in [0.15, 0.2) is 18.3 Å². The minimum absolute atomic E-state index is 0.334. The Labute approximate surface area is 110 Å². The van der Waals surface area contributed by atoms with Gasteiger partial charge in [0.1, 0.15) is 6.10 Å². The zero-order valence-corrected chi connectivity index (χ0v) is 11.6. The Morgan fingerprint density at radius 3 is 2.83 bits per heavy atom. The topological polar surface area (TPSA) is 34.1 Å². The average Bonchev–Trinajstić information content (AvgIpc) is 2.39. The van der Waals surface area contributed by atoms with Crippen molar-refractivity contribution >= 4 is 0 Å². The molecule has 1 aliphatic carbocycles. The summed E-state index contributed by atoms with van der Waals surface area (Å²) < 4.78 is 5.96. The lowest BCUT2D eigenvalue weighted by atomic mass is 9.89. The molecular formula is C15H24N2O. The molecule has 18 heavy (non-hydrogen) atoms. The highest BCUT2D eigenvalue weighted by atomic mass is 16.5. The van der Waals surface area contributed by atoms with Crippen molar-refractivity contribution in [1.82, 2.24) is 10.3 Å². The second-order valence-electron chi connectivity index (χ2n) is 5.45. The van der Waals surface area contributed by atoms with Crippen LogP contribution in [0.25, 0.3) is 0 Å². The van der Waals surface area contributed by atoms with E-state index >= 15 is 0 Å². The van der Waals surface area contributed by atoms with Gasteiger partial charge in [-0.15, -0.1) is 0 Å². The summed E-state index contributed by atoms with van der Waals surface area (Å²) in [7, 11) is 1.96. The molecule has 1 aliphatic rings. The molecule has 2 rings (SSSR count). The Kier molecular flexibility index (Phi) is 4.59. The lowest BCUT2D eigenvalue weighted by Gasteiger charge is -2.27. The van der Waals surface area contributed by atoms with Crippen LogP contribution >= 0.6 is 0 Å². The van der Waals surface area contributed by atoms with Gasteiger partial charge in [-0.3, -0.25) is 0 Å². The van der Waals surface area contributed by atoms with Gasteiger partial charge in [-0.25, -0.2) is 4.98 Å².